The fourth-order valence-electron chi connectivity index (χ4n) is 3.56. The Kier molecular flexibility index (Phi) is 5.02. The van der Waals surface area contributed by atoms with Gasteiger partial charge in [0.05, 0.1) is 12.1 Å². The van der Waals surface area contributed by atoms with Gasteiger partial charge in [-0.3, -0.25) is 14.7 Å². The molecule has 1 fully saturated rings. The van der Waals surface area contributed by atoms with Crippen molar-refractivity contribution in [2.24, 2.45) is 0 Å². The van der Waals surface area contributed by atoms with E-state index < -0.39 is 0 Å². The molecule has 2 aromatic rings. The van der Waals surface area contributed by atoms with Crippen LogP contribution in [0.25, 0.3) is 0 Å². The van der Waals surface area contributed by atoms with Gasteiger partial charge in [-0.05, 0) is 42.3 Å². The highest BCUT2D eigenvalue weighted by Crippen LogP contribution is 2.26. The second-order valence-corrected chi connectivity index (χ2v) is 6.96. The molecule has 7 nitrogen and oxygen atoms in total. The van der Waals surface area contributed by atoms with Crippen molar-refractivity contribution >= 4 is 23.3 Å². The smallest absolute Gasteiger partial charge is 0.321 e. The lowest BCUT2D eigenvalue weighted by Crippen LogP contribution is -2.38. The van der Waals surface area contributed by atoms with Crippen LogP contribution in [-0.4, -0.2) is 52.9 Å². The van der Waals surface area contributed by atoms with E-state index in [-0.39, 0.29) is 11.9 Å². The molecule has 0 unspecified atom stereocenters. The van der Waals surface area contributed by atoms with E-state index in [1.54, 1.807) is 0 Å². The third-order valence-electron chi connectivity index (χ3n) is 4.97. The summed E-state index contributed by atoms with van der Waals surface area (Å²) in [6.45, 7) is 4.00. The number of amides is 3. The molecule has 2 aliphatic rings. The lowest BCUT2D eigenvalue weighted by Gasteiger charge is -2.22. The molecule has 0 radical (unpaired) electrons. The van der Waals surface area contributed by atoms with Crippen molar-refractivity contribution in [2.75, 3.05) is 36.8 Å². The van der Waals surface area contributed by atoms with Gasteiger partial charge < -0.3 is 15.5 Å². The zero-order valence-corrected chi connectivity index (χ0v) is 15.1. The van der Waals surface area contributed by atoms with Crippen LogP contribution in [0.5, 0.6) is 0 Å². The number of anilines is 2. The first-order valence-electron chi connectivity index (χ1n) is 9.28. The monoisotopic (exact) mass is 365 g/mol. The highest BCUT2D eigenvalue weighted by atomic mass is 16.2. The van der Waals surface area contributed by atoms with Crippen molar-refractivity contribution < 1.29 is 9.59 Å². The van der Waals surface area contributed by atoms with Gasteiger partial charge in [-0.1, -0.05) is 6.07 Å². The van der Waals surface area contributed by atoms with Crippen molar-refractivity contribution in [1.82, 2.24) is 14.8 Å². The molecule has 1 aromatic carbocycles. The van der Waals surface area contributed by atoms with Gasteiger partial charge in [-0.2, -0.15) is 0 Å². The van der Waals surface area contributed by atoms with Gasteiger partial charge in [0.15, 0.2) is 0 Å². The topological polar surface area (TPSA) is 77.6 Å². The first-order valence-corrected chi connectivity index (χ1v) is 9.28. The van der Waals surface area contributed by atoms with Crippen LogP contribution >= 0.6 is 0 Å². The summed E-state index contributed by atoms with van der Waals surface area (Å²) >= 11 is 0. The maximum atomic E-state index is 12.7. The molecular formula is C20H23N5O2. The van der Waals surface area contributed by atoms with Gasteiger partial charge in [-0.25, -0.2) is 4.79 Å². The first kappa shape index (κ1) is 17.5. The maximum Gasteiger partial charge on any atom is 0.321 e. The molecule has 140 valence electrons. The van der Waals surface area contributed by atoms with Crippen LogP contribution in [0.3, 0.4) is 0 Å². The lowest BCUT2D eigenvalue weighted by atomic mass is 10.1. The van der Waals surface area contributed by atoms with E-state index in [2.05, 4.69) is 20.5 Å². The Balaban J connectivity index is 1.33. The first-order chi connectivity index (χ1) is 13.2. The number of aromatic nitrogens is 1. The zero-order chi connectivity index (χ0) is 18.6. The number of carbonyl (C=O) groups is 2. The average Bonchev–Trinajstić information content (AvgIpc) is 2.87. The molecule has 2 N–H and O–H groups in total. The number of hydrogen-bond acceptors (Lipinski definition) is 4. The van der Waals surface area contributed by atoms with Crippen molar-refractivity contribution in [3.63, 3.8) is 0 Å². The molecule has 0 aliphatic carbocycles. The molecule has 27 heavy (non-hydrogen) atoms. The summed E-state index contributed by atoms with van der Waals surface area (Å²) in [6.07, 6.45) is 3.11. The van der Waals surface area contributed by atoms with E-state index in [1.807, 2.05) is 47.5 Å². The SMILES string of the molecule is O=C1Cc2cc(NC(=O)N3CCCN(Cc4ccccn4)CC3)ccc2N1. The lowest BCUT2D eigenvalue weighted by molar-refractivity contribution is -0.115. The number of carbonyl (C=O) groups excluding carboxylic acids is 2. The second-order valence-electron chi connectivity index (χ2n) is 6.96. The predicted molar refractivity (Wildman–Crippen MR) is 103 cm³/mol. The van der Waals surface area contributed by atoms with E-state index in [1.165, 1.54) is 0 Å². The molecule has 7 heteroatoms. The van der Waals surface area contributed by atoms with Crippen LogP contribution in [0, 0.1) is 0 Å². The molecular weight excluding hydrogens is 342 g/mol. The number of hydrogen-bond donors (Lipinski definition) is 2. The van der Waals surface area contributed by atoms with Crippen molar-refractivity contribution in [1.29, 1.82) is 0 Å². The van der Waals surface area contributed by atoms with Gasteiger partial charge in [0.25, 0.3) is 0 Å². The normalized spacial score (nSPS) is 17.2. The Morgan fingerprint density at radius 2 is 2.07 bits per heavy atom. The second kappa shape index (κ2) is 7.75. The highest BCUT2D eigenvalue weighted by molar-refractivity contribution is 6.00. The van der Waals surface area contributed by atoms with Gasteiger partial charge in [0.2, 0.25) is 5.91 Å². The minimum Gasteiger partial charge on any atom is -0.326 e. The minimum absolute atomic E-state index is 0.00556. The average molecular weight is 365 g/mol. The van der Waals surface area contributed by atoms with Crippen LogP contribution in [0.4, 0.5) is 16.2 Å². The van der Waals surface area contributed by atoms with Crippen molar-refractivity contribution in [3.05, 3.63) is 53.9 Å². The Bertz CT molecular complexity index is 840. The molecule has 1 aromatic heterocycles. The molecule has 3 amide bonds. The number of urea groups is 1. The van der Waals surface area contributed by atoms with E-state index >= 15 is 0 Å². The highest BCUT2D eigenvalue weighted by Gasteiger charge is 2.21. The molecule has 2 aliphatic heterocycles. The fourth-order valence-corrected chi connectivity index (χ4v) is 3.56. The van der Waals surface area contributed by atoms with Gasteiger partial charge >= 0.3 is 6.03 Å². The number of nitrogens with one attached hydrogen (secondary N) is 2. The van der Waals surface area contributed by atoms with E-state index in [4.69, 9.17) is 0 Å². The summed E-state index contributed by atoms with van der Waals surface area (Å²) in [7, 11) is 0. The van der Waals surface area contributed by atoms with Crippen LogP contribution in [0.1, 0.15) is 17.7 Å². The zero-order valence-electron chi connectivity index (χ0n) is 15.1. The fraction of sp³-hybridized carbons (Fsp3) is 0.350. The number of benzene rings is 1. The summed E-state index contributed by atoms with van der Waals surface area (Å²) in [6, 6.07) is 11.4. The Morgan fingerprint density at radius 1 is 1.15 bits per heavy atom. The van der Waals surface area contributed by atoms with Crippen LogP contribution in [-0.2, 0) is 17.8 Å². The van der Waals surface area contributed by atoms with Gasteiger partial charge in [-0.15, -0.1) is 0 Å². The predicted octanol–water partition coefficient (Wildman–Crippen LogP) is 2.32. The van der Waals surface area contributed by atoms with Crippen molar-refractivity contribution in [3.8, 4) is 0 Å². The molecule has 0 spiro atoms. The Hall–Kier alpha value is -2.93. The van der Waals surface area contributed by atoms with Crippen LogP contribution < -0.4 is 10.6 Å². The summed E-state index contributed by atoms with van der Waals surface area (Å²) in [5, 5.41) is 5.77. The van der Waals surface area contributed by atoms with Crippen LogP contribution in [0.15, 0.2) is 42.6 Å². The van der Waals surface area contributed by atoms with E-state index in [9.17, 15) is 9.59 Å². The minimum atomic E-state index is -0.0908. The number of pyridine rings is 1. The molecule has 0 saturated carbocycles. The number of rotatable bonds is 3. The Morgan fingerprint density at radius 3 is 2.93 bits per heavy atom. The summed E-state index contributed by atoms with van der Waals surface area (Å²) < 4.78 is 0. The maximum absolute atomic E-state index is 12.7. The molecule has 1 saturated heterocycles. The largest absolute Gasteiger partial charge is 0.326 e. The molecule has 4 rings (SSSR count). The number of fused-ring (bicyclic) bond motifs is 1. The van der Waals surface area contributed by atoms with Crippen molar-refractivity contribution in [2.45, 2.75) is 19.4 Å². The summed E-state index contributed by atoms with van der Waals surface area (Å²) in [5.41, 5.74) is 3.54. The van der Waals surface area contributed by atoms with Gasteiger partial charge in [0, 0.05) is 50.3 Å². The quantitative estimate of drug-likeness (QED) is 0.875. The Labute approximate surface area is 158 Å². The van der Waals surface area contributed by atoms with Crippen LogP contribution in [0.2, 0.25) is 0 Å². The summed E-state index contributed by atoms with van der Waals surface area (Å²) in [5.74, 6) is -0.00556. The van der Waals surface area contributed by atoms with Gasteiger partial charge in [0.1, 0.15) is 0 Å². The van der Waals surface area contributed by atoms with E-state index in [0.29, 0.717) is 13.0 Å². The number of nitrogens with zero attached hydrogens (tertiary/aromatic N) is 3. The third kappa shape index (κ3) is 4.25. The summed E-state index contributed by atoms with van der Waals surface area (Å²) in [4.78, 5) is 32.7. The standard InChI is InChI=1S/C20H23N5O2/c26-19-13-15-12-16(5-6-18(15)23-19)22-20(27)25-9-3-8-24(10-11-25)14-17-4-1-2-7-21-17/h1-2,4-7,12H,3,8-11,13-14H2,(H,22,27)(H,23,26). The van der Waals surface area contributed by atoms with E-state index in [0.717, 1.165) is 55.2 Å². The third-order valence-corrected chi connectivity index (χ3v) is 4.97. The molecule has 3 heterocycles. The molecule has 0 atom stereocenters. The molecule has 0 bridgehead atoms.